The molecule has 4 aliphatic rings. The molecule has 0 aromatic carbocycles. The summed E-state index contributed by atoms with van der Waals surface area (Å²) in [5.41, 5.74) is 3.46. The van der Waals surface area contributed by atoms with Crippen LogP contribution in [0.25, 0.3) is 0 Å². The van der Waals surface area contributed by atoms with Gasteiger partial charge in [-0.05, 0) is 105 Å². The Balaban J connectivity index is 1.43. The van der Waals surface area contributed by atoms with Crippen molar-refractivity contribution < 1.29 is 19.0 Å². The van der Waals surface area contributed by atoms with Gasteiger partial charge in [-0.1, -0.05) is 44.6 Å². The summed E-state index contributed by atoms with van der Waals surface area (Å²) in [6.45, 7) is 15.8. The lowest BCUT2D eigenvalue weighted by Gasteiger charge is -2.58. The maximum Gasteiger partial charge on any atom is 0.302 e. The van der Waals surface area contributed by atoms with Gasteiger partial charge < -0.3 is 14.2 Å². The number of carbonyl (C=O) groups is 1. The van der Waals surface area contributed by atoms with Crippen LogP contribution in [0.2, 0.25) is 0 Å². The molecule has 4 rings (SSSR count). The molecule has 3 fully saturated rings. The van der Waals surface area contributed by atoms with Gasteiger partial charge in [-0.2, -0.15) is 0 Å². The van der Waals surface area contributed by atoms with Crippen molar-refractivity contribution in [3.05, 3.63) is 23.8 Å². The Bertz CT molecular complexity index is 817. The lowest BCUT2D eigenvalue weighted by molar-refractivity contribution is -0.148. The van der Waals surface area contributed by atoms with Crippen molar-refractivity contribution in [1.82, 2.24) is 0 Å². The van der Waals surface area contributed by atoms with Crippen molar-refractivity contribution >= 4 is 5.97 Å². The second kappa shape index (κ2) is 10.7. The number of allylic oxidation sites excluding steroid dienone is 1. The van der Waals surface area contributed by atoms with Crippen molar-refractivity contribution in [3.8, 4) is 0 Å². The number of carbonyl (C=O) groups excluding carboxylic acids is 1. The normalized spacial score (nSPS) is 40.1. The number of ether oxygens (including phenoxy) is 3. The molecule has 0 bridgehead atoms. The van der Waals surface area contributed by atoms with Gasteiger partial charge in [0, 0.05) is 20.5 Å². The monoisotopic (exact) mass is 486 g/mol. The topological polar surface area (TPSA) is 44.8 Å². The Morgan fingerprint density at radius 1 is 1.11 bits per heavy atom. The molecular formula is C31H50O4. The fourth-order valence-corrected chi connectivity index (χ4v) is 9.18. The van der Waals surface area contributed by atoms with Crippen LogP contribution in [0.5, 0.6) is 0 Å². The van der Waals surface area contributed by atoms with E-state index in [1.165, 1.54) is 44.9 Å². The summed E-state index contributed by atoms with van der Waals surface area (Å²) in [6, 6.07) is 0. The largest absolute Gasteiger partial charge is 0.462 e. The van der Waals surface area contributed by atoms with Crippen LogP contribution in [0.1, 0.15) is 98.8 Å². The van der Waals surface area contributed by atoms with Gasteiger partial charge in [0.2, 0.25) is 0 Å². The van der Waals surface area contributed by atoms with Crippen LogP contribution in [0, 0.1) is 40.4 Å². The van der Waals surface area contributed by atoms with Gasteiger partial charge in [-0.3, -0.25) is 4.79 Å². The smallest absolute Gasteiger partial charge is 0.302 e. The van der Waals surface area contributed by atoms with E-state index in [9.17, 15) is 4.79 Å². The molecule has 4 heteroatoms. The average Bonchev–Trinajstić information content (AvgIpc) is 3.16. The molecule has 198 valence electrons. The van der Waals surface area contributed by atoms with E-state index in [2.05, 4.69) is 40.3 Å². The minimum atomic E-state index is -0.132. The third kappa shape index (κ3) is 5.17. The number of methoxy groups -OCH3 is 1. The lowest BCUT2D eigenvalue weighted by atomic mass is 9.47. The van der Waals surface area contributed by atoms with Crippen molar-refractivity contribution in [1.29, 1.82) is 0 Å². The maximum absolute atomic E-state index is 11.5. The van der Waals surface area contributed by atoms with Gasteiger partial charge in [0.1, 0.15) is 12.9 Å². The van der Waals surface area contributed by atoms with Gasteiger partial charge in [0.25, 0.3) is 0 Å². The van der Waals surface area contributed by atoms with E-state index < -0.39 is 0 Å². The predicted molar refractivity (Wildman–Crippen MR) is 141 cm³/mol. The molecule has 4 nitrogen and oxygen atoms in total. The van der Waals surface area contributed by atoms with E-state index in [0.29, 0.717) is 23.5 Å². The zero-order valence-electron chi connectivity index (χ0n) is 23.2. The van der Waals surface area contributed by atoms with Crippen molar-refractivity contribution in [2.24, 2.45) is 40.4 Å². The molecule has 0 heterocycles. The second-order valence-electron chi connectivity index (χ2n) is 12.9. The summed E-state index contributed by atoms with van der Waals surface area (Å²) in [5.74, 6) is 3.84. The van der Waals surface area contributed by atoms with Crippen molar-refractivity contribution in [2.45, 2.75) is 111 Å². The van der Waals surface area contributed by atoms with E-state index in [-0.39, 0.29) is 18.2 Å². The van der Waals surface area contributed by atoms with E-state index in [1.807, 2.05) is 0 Å². The Labute approximate surface area is 214 Å². The van der Waals surface area contributed by atoms with Gasteiger partial charge >= 0.3 is 5.97 Å². The summed E-state index contributed by atoms with van der Waals surface area (Å²) in [5, 5.41) is 0. The Hall–Kier alpha value is -1.13. The highest BCUT2D eigenvalue weighted by atomic mass is 16.7. The van der Waals surface area contributed by atoms with Crippen LogP contribution in [-0.4, -0.2) is 32.1 Å². The van der Waals surface area contributed by atoms with E-state index in [1.54, 1.807) is 19.6 Å². The molecule has 0 aromatic heterocycles. The highest BCUT2D eigenvalue weighted by molar-refractivity contribution is 5.66. The maximum atomic E-state index is 11.5. The molecule has 0 radical (unpaired) electrons. The summed E-state index contributed by atoms with van der Waals surface area (Å²) in [6.07, 6.45) is 14.9. The predicted octanol–water partition coefficient (Wildman–Crippen LogP) is 7.48. The van der Waals surface area contributed by atoms with Crippen LogP contribution in [-0.2, 0) is 19.0 Å². The molecule has 0 amide bonds. The van der Waals surface area contributed by atoms with Gasteiger partial charge in [-0.25, -0.2) is 0 Å². The fraction of sp³-hybridized carbons (Fsp3) is 0.839. The first-order chi connectivity index (χ1) is 16.6. The molecule has 0 unspecified atom stereocenters. The molecule has 0 aromatic rings. The number of fused-ring (bicyclic) bond motifs is 5. The quantitative estimate of drug-likeness (QED) is 0.192. The fourth-order valence-electron chi connectivity index (χ4n) is 9.18. The van der Waals surface area contributed by atoms with Crippen LogP contribution in [0.15, 0.2) is 23.8 Å². The molecular weight excluding hydrogens is 436 g/mol. The van der Waals surface area contributed by atoms with Crippen molar-refractivity contribution in [3.63, 3.8) is 0 Å². The third-order valence-electron chi connectivity index (χ3n) is 11.0. The van der Waals surface area contributed by atoms with Crippen molar-refractivity contribution in [2.75, 3.05) is 13.9 Å². The number of hydrogen-bond acceptors (Lipinski definition) is 4. The number of rotatable bonds is 9. The Kier molecular flexibility index (Phi) is 8.23. The zero-order chi connectivity index (χ0) is 25.4. The highest BCUT2D eigenvalue weighted by Crippen LogP contribution is 2.67. The SMILES string of the molecule is C=C(C)[C@@H](CC[C@@H](C)[C@H]1CC[C@H]2[C@@H]3CC=C4C[C@@H](OC(C)=O)CC[C@]4(C)[C@H]3CC[C@]12C)OCOC. The first kappa shape index (κ1) is 26.9. The van der Waals surface area contributed by atoms with Crippen LogP contribution < -0.4 is 0 Å². The number of hydrogen-bond donors (Lipinski definition) is 0. The Morgan fingerprint density at radius 2 is 1.89 bits per heavy atom. The van der Waals surface area contributed by atoms with Gasteiger partial charge in [0.15, 0.2) is 0 Å². The molecule has 3 saturated carbocycles. The molecule has 35 heavy (non-hydrogen) atoms. The molecule has 0 aliphatic heterocycles. The Morgan fingerprint density at radius 3 is 2.57 bits per heavy atom. The minimum absolute atomic E-state index is 0.0878. The zero-order valence-corrected chi connectivity index (χ0v) is 23.2. The average molecular weight is 487 g/mol. The standard InChI is InChI=1S/C31H50O4/c1-20(2)29(34-19-33-7)13-8-21(3)26-11-12-27-25-10-9-23-18-24(35-22(4)32)14-16-30(23,5)28(25)15-17-31(26,27)6/h9,21,24-29H,1,8,10-19H2,2-7H3/t21-,24+,25+,26-,27+,28+,29-,30+,31-/m1/s1. The second-order valence-corrected chi connectivity index (χ2v) is 12.9. The highest BCUT2D eigenvalue weighted by Gasteiger charge is 2.59. The number of esters is 1. The van der Waals surface area contributed by atoms with E-state index in [0.717, 1.165) is 48.5 Å². The first-order valence-electron chi connectivity index (χ1n) is 14.2. The lowest BCUT2D eigenvalue weighted by Crippen LogP contribution is -2.51. The summed E-state index contributed by atoms with van der Waals surface area (Å²) < 4.78 is 16.7. The van der Waals surface area contributed by atoms with Crippen LogP contribution in [0.3, 0.4) is 0 Å². The van der Waals surface area contributed by atoms with Gasteiger partial charge in [-0.15, -0.1) is 0 Å². The van der Waals surface area contributed by atoms with Gasteiger partial charge in [0.05, 0.1) is 6.10 Å². The molecule has 0 spiro atoms. The molecule has 9 atom stereocenters. The molecule has 0 saturated heterocycles. The summed E-state index contributed by atoms with van der Waals surface area (Å²) in [4.78, 5) is 11.5. The minimum Gasteiger partial charge on any atom is -0.462 e. The first-order valence-corrected chi connectivity index (χ1v) is 14.2. The third-order valence-corrected chi connectivity index (χ3v) is 11.0. The molecule has 4 aliphatic carbocycles. The molecule has 0 N–H and O–H groups in total. The van der Waals surface area contributed by atoms with E-state index >= 15 is 0 Å². The summed E-state index contributed by atoms with van der Waals surface area (Å²) >= 11 is 0. The summed E-state index contributed by atoms with van der Waals surface area (Å²) in [7, 11) is 1.68. The van der Waals surface area contributed by atoms with Crippen LogP contribution in [0.4, 0.5) is 0 Å². The van der Waals surface area contributed by atoms with Crippen LogP contribution >= 0.6 is 0 Å². The van der Waals surface area contributed by atoms with E-state index in [4.69, 9.17) is 14.2 Å².